The van der Waals surface area contributed by atoms with Crippen molar-refractivity contribution in [3.8, 4) is 0 Å². The van der Waals surface area contributed by atoms with Crippen molar-refractivity contribution < 1.29 is 42.9 Å². The molecular weight excluding hydrogens is 1150 g/mol. The first-order valence-corrected chi connectivity index (χ1v) is 36.9. The second-order valence-electron chi connectivity index (χ2n) is 25.1. The predicted octanol–water partition coefficient (Wildman–Crippen LogP) is 22.2. The molecule has 0 N–H and O–H groups in total. The van der Waals surface area contributed by atoms with Crippen LogP contribution in [-0.4, -0.2) is 82.3 Å². The number of aliphatic carboxylic acids is 1. The molecule has 93 heavy (non-hydrogen) atoms. The lowest BCUT2D eigenvalue weighted by Crippen LogP contribution is -2.44. The highest BCUT2D eigenvalue weighted by molar-refractivity contribution is 5.70. The summed E-state index contributed by atoms with van der Waals surface area (Å²) in [5, 5.41) is 11.8. The average Bonchev–Trinajstić information content (AvgIpc) is 3.38. The van der Waals surface area contributed by atoms with Crippen molar-refractivity contribution in [3.05, 3.63) is 182 Å². The second-order valence-corrected chi connectivity index (χ2v) is 25.1. The van der Waals surface area contributed by atoms with Crippen LogP contribution >= 0.6 is 0 Å². The van der Waals surface area contributed by atoms with E-state index in [2.05, 4.69) is 196 Å². The molecule has 0 spiro atoms. The fourth-order valence-electron chi connectivity index (χ4n) is 9.59. The van der Waals surface area contributed by atoms with Gasteiger partial charge >= 0.3 is 11.9 Å². The number of quaternary nitrogens is 1. The Morgan fingerprint density at radius 1 is 0.323 bits per heavy atom. The molecule has 0 heterocycles. The van der Waals surface area contributed by atoms with E-state index in [1.54, 1.807) is 0 Å². The molecule has 0 aromatic heterocycles. The Morgan fingerprint density at radius 2 is 0.581 bits per heavy atom. The first kappa shape index (κ1) is 87.4. The largest absolute Gasteiger partial charge is 0.545 e. The number of carboxylic acid groups (broad SMARTS) is 1. The zero-order valence-electron chi connectivity index (χ0n) is 59.8. The molecule has 0 aliphatic rings. The maximum absolute atomic E-state index is 13.0. The smallest absolute Gasteiger partial charge is 0.306 e. The van der Waals surface area contributed by atoms with E-state index in [1.165, 1.54) is 83.5 Å². The maximum Gasteiger partial charge on any atom is 0.306 e. The summed E-state index contributed by atoms with van der Waals surface area (Å²) in [6, 6.07) is 0. The van der Waals surface area contributed by atoms with Gasteiger partial charge in [0.15, 0.2) is 12.4 Å². The first-order chi connectivity index (χ1) is 45.6. The molecule has 9 heteroatoms. The van der Waals surface area contributed by atoms with Crippen LogP contribution in [0.2, 0.25) is 0 Å². The Balaban J connectivity index is 4.14. The van der Waals surface area contributed by atoms with Gasteiger partial charge in [0.25, 0.3) is 0 Å². The topological polar surface area (TPSA) is 111 Å². The molecule has 0 aromatic rings. The summed E-state index contributed by atoms with van der Waals surface area (Å²) in [6.45, 7) is 4.49. The number of likely N-dealkylation sites (N-methyl/N-ethyl adjacent to an activating group) is 1. The Bertz CT molecular complexity index is 2190. The fraction of sp³-hybridized carbons (Fsp3) is 0.607. The number of hydrogen-bond acceptors (Lipinski definition) is 8. The zero-order chi connectivity index (χ0) is 67.5. The number of carboxylic acids is 1. The molecule has 0 aliphatic carbocycles. The number of rotatable bonds is 66. The molecule has 0 bridgehead atoms. The van der Waals surface area contributed by atoms with Crippen LogP contribution < -0.4 is 5.11 Å². The number of ether oxygens (including phenoxy) is 4. The molecule has 2 unspecified atom stereocenters. The normalized spacial score (nSPS) is 13.8. The van der Waals surface area contributed by atoms with Gasteiger partial charge in [-0.1, -0.05) is 305 Å². The molecule has 0 radical (unpaired) electrons. The predicted molar refractivity (Wildman–Crippen MR) is 398 cm³/mol. The van der Waals surface area contributed by atoms with Gasteiger partial charge in [-0.25, -0.2) is 0 Å². The molecule has 524 valence electrons. The van der Waals surface area contributed by atoms with Crippen molar-refractivity contribution in [2.24, 2.45) is 0 Å². The highest BCUT2D eigenvalue weighted by Gasteiger charge is 2.22. The number of allylic oxidation sites excluding steroid dienone is 30. The zero-order valence-corrected chi connectivity index (χ0v) is 59.8. The van der Waals surface area contributed by atoms with E-state index in [0.717, 1.165) is 148 Å². The SMILES string of the molecule is CC/C=C\C/C=C\C/C=C\C/C=C\C/C=C\C/C=C\C/C=C\C/C=C\CCCCCCCCCCCCCCCCCCC(=O)OC(COC(=O)CCCCCCC/C=C\C/C=C\C/C=C\C/C=C\C/C=C\C/C=C\C/C=C\CC)COC(OCC[N+](C)(C)C)C(=O)[O-]. The van der Waals surface area contributed by atoms with Gasteiger partial charge in [-0.2, -0.15) is 0 Å². The van der Waals surface area contributed by atoms with Crippen LogP contribution in [0.5, 0.6) is 0 Å². The molecule has 0 saturated carbocycles. The highest BCUT2D eigenvalue weighted by Crippen LogP contribution is 2.16. The quantitative estimate of drug-likeness (QED) is 0.0195. The van der Waals surface area contributed by atoms with Crippen LogP contribution in [-0.2, 0) is 33.3 Å². The lowest BCUT2D eigenvalue weighted by Gasteiger charge is -2.26. The van der Waals surface area contributed by atoms with Crippen LogP contribution in [0.15, 0.2) is 182 Å². The van der Waals surface area contributed by atoms with E-state index in [4.69, 9.17) is 18.9 Å². The average molecular weight is 1290 g/mol. The van der Waals surface area contributed by atoms with Gasteiger partial charge in [-0.05, 0) is 135 Å². The first-order valence-electron chi connectivity index (χ1n) is 36.9. The monoisotopic (exact) mass is 1290 g/mol. The highest BCUT2D eigenvalue weighted by atomic mass is 16.7. The minimum absolute atomic E-state index is 0.136. The summed E-state index contributed by atoms with van der Waals surface area (Å²) in [5.41, 5.74) is 0. The third kappa shape index (κ3) is 73.7. The van der Waals surface area contributed by atoms with E-state index in [0.29, 0.717) is 23.9 Å². The van der Waals surface area contributed by atoms with Gasteiger partial charge in [0, 0.05) is 12.8 Å². The van der Waals surface area contributed by atoms with Crippen molar-refractivity contribution in [2.45, 2.75) is 283 Å². The summed E-state index contributed by atoms with van der Waals surface area (Å²) < 4.78 is 22.8. The summed E-state index contributed by atoms with van der Waals surface area (Å²) >= 11 is 0. The Kier molecular flexibility index (Phi) is 67.9. The molecule has 2 atom stereocenters. The molecule has 9 nitrogen and oxygen atoms in total. The third-order valence-corrected chi connectivity index (χ3v) is 15.1. The van der Waals surface area contributed by atoms with Crippen molar-refractivity contribution >= 4 is 17.9 Å². The van der Waals surface area contributed by atoms with Crippen molar-refractivity contribution in [3.63, 3.8) is 0 Å². The van der Waals surface area contributed by atoms with Crippen LogP contribution in [0.3, 0.4) is 0 Å². The van der Waals surface area contributed by atoms with E-state index in [9.17, 15) is 19.5 Å². The number of carbonyl (C=O) groups excluding carboxylic acids is 3. The third-order valence-electron chi connectivity index (χ3n) is 15.1. The summed E-state index contributed by atoms with van der Waals surface area (Å²) in [7, 11) is 5.92. The van der Waals surface area contributed by atoms with E-state index in [-0.39, 0.29) is 38.6 Å². The van der Waals surface area contributed by atoms with Gasteiger partial charge in [-0.3, -0.25) is 9.59 Å². The minimum atomic E-state index is -1.64. The molecule has 0 saturated heterocycles. The summed E-state index contributed by atoms with van der Waals surface area (Å²) in [4.78, 5) is 37.5. The lowest BCUT2D eigenvalue weighted by molar-refractivity contribution is -0.870. The van der Waals surface area contributed by atoms with Crippen LogP contribution in [0.25, 0.3) is 0 Å². The Hall–Kier alpha value is -5.61. The summed E-state index contributed by atoms with van der Waals surface area (Å²) in [6.07, 6.45) is 107. The molecule has 0 fully saturated rings. The van der Waals surface area contributed by atoms with Crippen LogP contribution in [0.4, 0.5) is 0 Å². The molecule has 0 aliphatic heterocycles. The van der Waals surface area contributed by atoms with Gasteiger partial charge < -0.3 is 33.3 Å². The standard InChI is InChI=1S/C84H135NO8/c1-6-8-10-12-14-16-18-20-22-24-26-28-30-32-34-35-36-37-38-39-40-41-42-43-44-45-46-47-49-51-53-55-57-59-61-63-65-67-69-71-73-75-82(87)93-80(79-92-84(83(88)89)90-77-76-85(3,4)5)78-91-81(86)74-72-70-68-66-64-62-60-58-56-54-52-50-48-33-31-29-27-25-23-21-19-17-15-13-11-9-7-2/h8-11,14-17,20-23,26-29,32-34,36-37,39-40,42-43,48,52,54,58,60,80,84H,6-7,12-13,18-19,24-25,30-31,35,38,41,44-47,49-51,53,55-57,59,61-79H2,1-5H3/b10-8-,11-9-,16-14-,17-15-,22-20-,23-21-,28-26-,29-27-,34-32-,37-36-,40-39-,43-42-,48-33-,54-52-,60-58-. The molecule has 0 rings (SSSR count). The maximum atomic E-state index is 13.0. The van der Waals surface area contributed by atoms with E-state index >= 15 is 0 Å². The molecule has 0 aromatic carbocycles. The Morgan fingerprint density at radius 3 is 0.860 bits per heavy atom. The number of esters is 2. The van der Waals surface area contributed by atoms with Crippen LogP contribution in [0.1, 0.15) is 271 Å². The van der Waals surface area contributed by atoms with Crippen LogP contribution in [0, 0.1) is 0 Å². The second kappa shape index (κ2) is 72.2. The molecular formula is C84H135NO8. The summed E-state index contributed by atoms with van der Waals surface area (Å²) in [5.74, 6) is -2.32. The van der Waals surface area contributed by atoms with Gasteiger partial charge in [0.1, 0.15) is 13.2 Å². The van der Waals surface area contributed by atoms with Crippen molar-refractivity contribution in [1.29, 1.82) is 0 Å². The van der Waals surface area contributed by atoms with E-state index < -0.39 is 24.3 Å². The molecule has 0 amide bonds. The van der Waals surface area contributed by atoms with Crippen molar-refractivity contribution in [1.82, 2.24) is 0 Å². The van der Waals surface area contributed by atoms with Gasteiger partial charge in [0.2, 0.25) is 0 Å². The Labute approximate surface area is 570 Å². The lowest BCUT2D eigenvalue weighted by atomic mass is 10.0. The van der Waals surface area contributed by atoms with Gasteiger partial charge in [0.05, 0.1) is 40.3 Å². The van der Waals surface area contributed by atoms with E-state index in [1.807, 2.05) is 21.1 Å². The number of unbranched alkanes of at least 4 members (excludes halogenated alkanes) is 21. The number of hydrogen-bond donors (Lipinski definition) is 0. The van der Waals surface area contributed by atoms with Crippen molar-refractivity contribution in [2.75, 3.05) is 47.5 Å². The number of carbonyl (C=O) groups is 3. The van der Waals surface area contributed by atoms with Gasteiger partial charge in [-0.15, -0.1) is 0 Å². The fourth-order valence-corrected chi connectivity index (χ4v) is 9.59. The number of nitrogens with zero attached hydrogens (tertiary/aromatic N) is 1. The minimum Gasteiger partial charge on any atom is -0.545 e.